The number of rotatable bonds is 8. The van der Waals surface area contributed by atoms with Gasteiger partial charge in [0.2, 0.25) is 11.8 Å². The summed E-state index contributed by atoms with van der Waals surface area (Å²) in [5, 5.41) is 0. The van der Waals surface area contributed by atoms with Gasteiger partial charge in [-0.15, -0.1) is 0 Å². The van der Waals surface area contributed by atoms with Crippen molar-refractivity contribution in [2.75, 3.05) is 31.1 Å². The van der Waals surface area contributed by atoms with Gasteiger partial charge in [0.05, 0.1) is 0 Å². The van der Waals surface area contributed by atoms with Gasteiger partial charge in [-0.05, 0) is 99.2 Å². The zero-order valence-corrected chi connectivity index (χ0v) is 30.2. The van der Waals surface area contributed by atoms with Gasteiger partial charge < -0.3 is 24.0 Å². The molecular weight excluding hydrogens is 610 g/mol. The molecule has 0 aliphatic carbocycles. The fourth-order valence-electron chi connectivity index (χ4n) is 6.60. The lowest BCUT2D eigenvalue weighted by Gasteiger charge is -2.47. The van der Waals surface area contributed by atoms with E-state index >= 15 is 0 Å². The highest BCUT2D eigenvalue weighted by Gasteiger charge is 2.39. The molecule has 7 nitrogen and oxygen atoms in total. The summed E-state index contributed by atoms with van der Waals surface area (Å²) >= 11 is 0. The molecule has 1 spiro atoms. The Kier molecular flexibility index (Phi) is 11.9. The lowest BCUT2D eigenvalue weighted by atomic mass is 9.71. The molecule has 2 saturated heterocycles. The van der Waals surface area contributed by atoms with Gasteiger partial charge in [-0.3, -0.25) is 0 Å². The molecule has 0 unspecified atom stereocenters. The van der Waals surface area contributed by atoms with Crippen molar-refractivity contribution in [3.05, 3.63) is 108 Å². The Morgan fingerprint density at radius 3 is 1.90 bits per heavy atom. The van der Waals surface area contributed by atoms with E-state index in [0.717, 1.165) is 74.1 Å². The van der Waals surface area contributed by atoms with Crippen molar-refractivity contribution in [3.63, 3.8) is 0 Å². The summed E-state index contributed by atoms with van der Waals surface area (Å²) < 4.78 is 18.1. The largest absolute Gasteiger partial charge is 0.473 e. The molecule has 0 bridgehead atoms. The highest BCUT2D eigenvalue weighted by Crippen LogP contribution is 2.43. The lowest BCUT2D eigenvalue weighted by Crippen LogP contribution is -2.49. The topological polar surface area (TPSA) is 64.1 Å². The standard InChI is InChI=1S/C40H47N3O4.C2H6/c1-30-15-16-33(42-23-19-40(20-24-42)21-25-43(26-22-40)38(44)47-39(2,3)4)27-35(30)34-17-18-36(45-28-31-11-7-5-8-12-31)41-37(34)46-29-32-13-9-6-10-14-32;1-2/h5-18,27H,19-26,28-29H2,1-4H3;1-2H3. The molecule has 260 valence electrons. The SMILES string of the molecule is CC.Cc1ccc(N2CCC3(CCN(C(=O)OC(C)(C)C)CC3)CC2)cc1-c1ccc(OCc2ccccc2)nc1OCc1ccccc1. The van der Waals surface area contributed by atoms with Crippen LogP contribution in [0.5, 0.6) is 11.8 Å². The zero-order valence-electron chi connectivity index (χ0n) is 30.2. The Morgan fingerprint density at radius 2 is 1.31 bits per heavy atom. The molecular formula is C42H53N3O4. The molecule has 1 amide bonds. The molecule has 0 atom stereocenters. The highest BCUT2D eigenvalue weighted by atomic mass is 16.6. The third-order valence-electron chi connectivity index (χ3n) is 9.46. The van der Waals surface area contributed by atoms with Crippen LogP contribution < -0.4 is 14.4 Å². The fraction of sp³-hybridized carbons (Fsp3) is 0.429. The van der Waals surface area contributed by atoms with E-state index < -0.39 is 5.60 Å². The molecule has 2 fully saturated rings. The first-order chi connectivity index (χ1) is 23.7. The van der Waals surface area contributed by atoms with Crippen LogP contribution in [0.3, 0.4) is 0 Å². The van der Waals surface area contributed by atoms with Crippen LogP contribution in [0, 0.1) is 12.3 Å². The second-order valence-electron chi connectivity index (χ2n) is 14.0. The summed E-state index contributed by atoms with van der Waals surface area (Å²) in [6, 6.07) is 31.0. The van der Waals surface area contributed by atoms with E-state index in [4.69, 9.17) is 19.2 Å². The average molecular weight is 664 g/mol. The maximum absolute atomic E-state index is 12.6. The van der Waals surface area contributed by atoms with Crippen LogP contribution in [0.15, 0.2) is 91.0 Å². The van der Waals surface area contributed by atoms with Gasteiger partial charge in [0.15, 0.2) is 0 Å². The van der Waals surface area contributed by atoms with E-state index in [1.165, 1.54) is 11.3 Å². The van der Waals surface area contributed by atoms with Crippen LogP contribution in [0.2, 0.25) is 0 Å². The molecule has 49 heavy (non-hydrogen) atoms. The first-order valence-electron chi connectivity index (χ1n) is 17.8. The van der Waals surface area contributed by atoms with E-state index in [1.807, 2.05) is 94.1 Å². The first kappa shape index (κ1) is 35.8. The average Bonchev–Trinajstić information content (AvgIpc) is 3.12. The zero-order chi connectivity index (χ0) is 34.9. The van der Waals surface area contributed by atoms with E-state index in [0.29, 0.717) is 30.4 Å². The molecule has 1 aromatic heterocycles. The second kappa shape index (κ2) is 16.3. The number of pyridine rings is 1. The number of anilines is 1. The van der Waals surface area contributed by atoms with Gasteiger partial charge in [0.25, 0.3) is 0 Å². The molecule has 0 radical (unpaired) electrons. The van der Waals surface area contributed by atoms with Crippen molar-refractivity contribution in [3.8, 4) is 22.9 Å². The van der Waals surface area contributed by atoms with Crippen LogP contribution in [0.1, 0.15) is 77.0 Å². The van der Waals surface area contributed by atoms with E-state index in [9.17, 15) is 4.79 Å². The van der Waals surface area contributed by atoms with Crippen LogP contribution in [0.25, 0.3) is 11.1 Å². The number of likely N-dealkylation sites (tertiary alicyclic amines) is 1. The van der Waals surface area contributed by atoms with Crippen LogP contribution in [0.4, 0.5) is 10.5 Å². The Morgan fingerprint density at radius 1 is 0.735 bits per heavy atom. The first-order valence-corrected chi connectivity index (χ1v) is 17.8. The molecule has 0 N–H and O–H groups in total. The van der Waals surface area contributed by atoms with E-state index in [1.54, 1.807) is 0 Å². The summed E-state index contributed by atoms with van der Waals surface area (Å²) in [5.41, 5.74) is 6.44. The molecule has 3 aromatic carbocycles. The van der Waals surface area contributed by atoms with Crippen molar-refractivity contribution in [2.24, 2.45) is 5.41 Å². The smallest absolute Gasteiger partial charge is 0.410 e. The third kappa shape index (κ3) is 9.56. The number of hydrogen-bond acceptors (Lipinski definition) is 6. The summed E-state index contributed by atoms with van der Waals surface area (Å²) in [5.74, 6) is 1.10. The summed E-state index contributed by atoms with van der Waals surface area (Å²) in [7, 11) is 0. The Balaban J connectivity index is 0.00000230. The fourth-order valence-corrected chi connectivity index (χ4v) is 6.60. The van der Waals surface area contributed by atoms with Crippen molar-refractivity contribution in [1.29, 1.82) is 0 Å². The van der Waals surface area contributed by atoms with E-state index in [2.05, 4.69) is 48.2 Å². The number of benzene rings is 3. The lowest BCUT2D eigenvalue weighted by molar-refractivity contribution is 0.00666. The van der Waals surface area contributed by atoms with Crippen molar-refractivity contribution < 1.29 is 19.0 Å². The van der Waals surface area contributed by atoms with Crippen molar-refractivity contribution in [2.45, 2.75) is 86.0 Å². The number of carbonyl (C=O) groups excluding carboxylic acids is 1. The number of carbonyl (C=O) groups is 1. The molecule has 7 heteroatoms. The van der Waals surface area contributed by atoms with Crippen molar-refractivity contribution >= 4 is 11.8 Å². The number of aryl methyl sites for hydroxylation is 1. The Labute approximate surface area is 293 Å². The van der Waals surface area contributed by atoms with Crippen LogP contribution in [-0.2, 0) is 18.0 Å². The normalized spacial score (nSPS) is 15.6. The van der Waals surface area contributed by atoms with Crippen LogP contribution in [-0.4, -0.2) is 47.8 Å². The summed E-state index contributed by atoms with van der Waals surface area (Å²) in [6.07, 6.45) is 4.13. The van der Waals surface area contributed by atoms with Gasteiger partial charge in [0.1, 0.15) is 18.8 Å². The minimum absolute atomic E-state index is 0.186. The molecule has 2 aliphatic rings. The van der Waals surface area contributed by atoms with Crippen LogP contribution >= 0.6 is 0 Å². The number of hydrogen-bond donors (Lipinski definition) is 0. The maximum Gasteiger partial charge on any atom is 0.410 e. The number of piperidine rings is 2. The Bertz CT molecular complexity index is 1630. The minimum Gasteiger partial charge on any atom is -0.473 e. The quantitative estimate of drug-likeness (QED) is 0.187. The molecule has 4 aromatic rings. The van der Waals surface area contributed by atoms with Gasteiger partial charge in [-0.1, -0.05) is 80.6 Å². The maximum atomic E-state index is 12.6. The van der Waals surface area contributed by atoms with Crippen molar-refractivity contribution in [1.82, 2.24) is 9.88 Å². The monoisotopic (exact) mass is 663 g/mol. The minimum atomic E-state index is -0.465. The number of aromatic nitrogens is 1. The van der Waals surface area contributed by atoms with E-state index in [-0.39, 0.29) is 6.09 Å². The summed E-state index contributed by atoms with van der Waals surface area (Å²) in [4.78, 5) is 21.9. The second-order valence-corrected chi connectivity index (χ2v) is 14.0. The van der Waals surface area contributed by atoms with Gasteiger partial charge in [0, 0.05) is 43.5 Å². The molecule has 3 heterocycles. The third-order valence-corrected chi connectivity index (χ3v) is 9.46. The van der Waals surface area contributed by atoms with Gasteiger partial charge in [-0.2, -0.15) is 4.98 Å². The van der Waals surface area contributed by atoms with Gasteiger partial charge >= 0.3 is 6.09 Å². The molecule has 0 saturated carbocycles. The summed E-state index contributed by atoms with van der Waals surface area (Å²) in [6.45, 7) is 16.3. The highest BCUT2D eigenvalue weighted by molar-refractivity contribution is 5.76. The number of ether oxygens (including phenoxy) is 3. The predicted molar refractivity (Wildman–Crippen MR) is 198 cm³/mol. The molecule has 2 aliphatic heterocycles. The Hall–Kier alpha value is -4.52. The number of amides is 1. The number of nitrogens with zero attached hydrogens (tertiary/aromatic N) is 3. The predicted octanol–water partition coefficient (Wildman–Crippen LogP) is 9.86. The molecule has 6 rings (SSSR count). The van der Waals surface area contributed by atoms with Gasteiger partial charge in [-0.25, -0.2) is 4.79 Å².